The summed E-state index contributed by atoms with van der Waals surface area (Å²) in [6, 6.07) is 12.7. The van der Waals surface area contributed by atoms with Crippen LogP contribution in [0.1, 0.15) is 5.56 Å². The van der Waals surface area contributed by atoms with Crippen molar-refractivity contribution in [3.05, 3.63) is 59.9 Å². The Kier molecular flexibility index (Phi) is 4.77. The molecule has 0 spiro atoms. The average molecular weight is 289 g/mol. The minimum absolute atomic E-state index is 0.121. The highest BCUT2D eigenvalue weighted by Gasteiger charge is 2.18. The van der Waals surface area contributed by atoms with Crippen LogP contribution < -0.4 is 10.1 Å². The topological polar surface area (TPSA) is 58.6 Å². The Hall–Kier alpha value is -2.56. The summed E-state index contributed by atoms with van der Waals surface area (Å²) in [6.07, 6.45) is 0.309. The molecule has 2 aromatic carbocycles. The molecule has 0 radical (unpaired) electrons. The number of carboxylic acid groups (broad SMARTS) is 1. The standard InChI is InChI=1S/C16H16FNO3/c1-21-15-8-7-12(10-13(15)17)18-14(16(19)20)9-11-5-3-2-4-6-11/h2-8,10,14,18H,9H2,1H3,(H,19,20). The molecule has 0 bridgehead atoms. The van der Waals surface area contributed by atoms with Gasteiger partial charge < -0.3 is 15.2 Å². The summed E-state index contributed by atoms with van der Waals surface area (Å²) in [5, 5.41) is 12.1. The fourth-order valence-electron chi connectivity index (χ4n) is 2.01. The molecule has 2 rings (SSSR count). The quantitative estimate of drug-likeness (QED) is 0.858. The van der Waals surface area contributed by atoms with Gasteiger partial charge in [0.25, 0.3) is 0 Å². The molecule has 1 atom stereocenters. The molecule has 21 heavy (non-hydrogen) atoms. The van der Waals surface area contributed by atoms with Crippen molar-refractivity contribution in [3.8, 4) is 5.75 Å². The van der Waals surface area contributed by atoms with Gasteiger partial charge in [0.1, 0.15) is 6.04 Å². The molecule has 5 heteroatoms. The second-order valence-electron chi connectivity index (χ2n) is 4.57. The summed E-state index contributed by atoms with van der Waals surface area (Å²) in [5.74, 6) is -1.41. The molecular weight excluding hydrogens is 273 g/mol. The number of halogens is 1. The number of benzene rings is 2. The van der Waals surface area contributed by atoms with Gasteiger partial charge in [0, 0.05) is 18.2 Å². The molecule has 0 saturated carbocycles. The van der Waals surface area contributed by atoms with Gasteiger partial charge in [-0.05, 0) is 17.7 Å². The van der Waals surface area contributed by atoms with Gasteiger partial charge in [-0.3, -0.25) is 0 Å². The first-order valence-corrected chi connectivity index (χ1v) is 6.47. The number of ether oxygens (including phenoxy) is 1. The lowest BCUT2D eigenvalue weighted by molar-refractivity contribution is -0.137. The van der Waals surface area contributed by atoms with E-state index < -0.39 is 17.8 Å². The minimum atomic E-state index is -0.991. The zero-order chi connectivity index (χ0) is 15.2. The first-order valence-electron chi connectivity index (χ1n) is 6.47. The third kappa shape index (κ3) is 3.95. The van der Waals surface area contributed by atoms with E-state index in [1.54, 1.807) is 6.07 Å². The summed E-state index contributed by atoms with van der Waals surface area (Å²) >= 11 is 0. The Morgan fingerprint density at radius 1 is 1.29 bits per heavy atom. The lowest BCUT2D eigenvalue weighted by Crippen LogP contribution is -2.31. The Labute approximate surface area is 122 Å². The van der Waals surface area contributed by atoms with Crippen LogP contribution in [0.3, 0.4) is 0 Å². The van der Waals surface area contributed by atoms with E-state index in [9.17, 15) is 14.3 Å². The molecule has 0 aliphatic carbocycles. The van der Waals surface area contributed by atoms with Gasteiger partial charge in [-0.25, -0.2) is 9.18 Å². The Balaban J connectivity index is 2.13. The SMILES string of the molecule is COc1ccc(NC(Cc2ccccc2)C(=O)O)cc1F. The number of rotatable bonds is 6. The lowest BCUT2D eigenvalue weighted by atomic mass is 10.1. The minimum Gasteiger partial charge on any atom is -0.494 e. The van der Waals surface area contributed by atoms with Gasteiger partial charge in [0.15, 0.2) is 11.6 Å². The molecule has 0 aliphatic rings. The molecule has 0 aromatic heterocycles. The molecule has 0 fully saturated rings. The van der Waals surface area contributed by atoms with E-state index in [0.717, 1.165) is 5.56 Å². The van der Waals surface area contributed by atoms with Crippen LogP contribution in [0, 0.1) is 5.82 Å². The van der Waals surface area contributed by atoms with Crippen LogP contribution in [0.15, 0.2) is 48.5 Å². The molecular formula is C16H16FNO3. The van der Waals surface area contributed by atoms with Crippen molar-refractivity contribution in [2.24, 2.45) is 0 Å². The van der Waals surface area contributed by atoms with E-state index >= 15 is 0 Å². The lowest BCUT2D eigenvalue weighted by Gasteiger charge is -2.16. The molecule has 0 amide bonds. The maximum absolute atomic E-state index is 13.6. The monoisotopic (exact) mass is 289 g/mol. The number of carboxylic acids is 1. The molecule has 4 nitrogen and oxygen atoms in total. The van der Waals surface area contributed by atoms with Crippen molar-refractivity contribution < 1.29 is 19.0 Å². The fourth-order valence-corrected chi connectivity index (χ4v) is 2.01. The zero-order valence-corrected chi connectivity index (χ0v) is 11.5. The Bertz CT molecular complexity index is 616. The van der Waals surface area contributed by atoms with Crippen LogP contribution in [-0.4, -0.2) is 24.2 Å². The van der Waals surface area contributed by atoms with Gasteiger partial charge in [-0.1, -0.05) is 30.3 Å². The highest BCUT2D eigenvalue weighted by molar-refractivity contribution is 5.77. The predicted molar refractivity (Wildman–Crippen MR) is 78.1 cm³/mol. The van der Waals surface area contributed by atoms with Crippen molar-refractivity contribution >= 4 is 11.7 Å². The van der Waals surface area contributed by atoms with Crippen LogP contribution in [0.4, 0.5) is 10.1 Å². The number of hydrogen-bond acceptors (Lipinski definition) is 3. The average Bonchev–Trinajstić information content (AvgIpc) is 2.48. The molecule has 2 aromatic rings. The molecule has 2 N–H and O–H groups in total. The van der Waals surface area contributed by atoms with Crippen molar-refractivity contribution in [1.29, 1.82) is 0 Å². The van der Waals surface area contributed by atoms with E-state index in [1.165, 1.54) is 19.2 Å². The highest BCUT2D eigenvalue weighted by atomic mass is 19.1. The van der Waals surface area contributed by atoms with Crippen molar-refractivity contribution in [2.75, 3.05) is 12.4 Å². The van der Waals surface area contributed by atoms with E-state index in [-0.39, 0.29) is 5.75 Å². The number of anilines is 1. The van der Waals surface area contributed by atoms with Gasteiger partial charge in [0.05, 0.1) is 7.11 Å². The number of nitrogens with one attached hydrogen (secondary N) is 1. The molecule has 110 valence electrons. The van der Waals surface area contributed by atoms with Gasteiger partial charge in [-0.15, -0.1) is 0 Å². The second-order valence-corrected chi connectivity index (χ2v) is 4.57. The molecule has 1 unspecified atom stereocenters. The van der Waals surface area contributed by atoms with E-state index in [4.69, 9.17) is 4.74 Å². The summed E-state index contributed by atoms with van der Waals surface area (Å²) in [6.45, 7) is 0. The first kappa shape index (κ1) is 14.8. The van der Waals surface area contributed by atoms with Crippen molar-refractivity contribution in [1.82, 2.24) is 0 Å². The molecule has 0 saturated heterocycles. The summed E-state index contributed by atoms with van der Waals surface area (Å²) in [7, 11) is 1.38. The molecule has 0 heterocycles. The third-order valence-corrected chi connectivity index (χ3v) is 3.07. The maximum atomic E-state index is 13.6. The summed E-state index contributed by atoms with van der Waals surface area (Å²) in [4.78, 5) is 11.3. The largest absolute Gasteiger partial charge is 0.494 e. The van der Waals surface area contributed by atoms with Gasteiger partial charge >= 0.3 is 5.97 Å². The highest BCUT2D eigenvalue weighted by Crippen LogP contribution is 2.21. The van der Waals surface area contributed by atoms with Crippen LogP contribution in [0.25, 0.3) is 0 Å². The van der Waals surface area contributed by atoms with Crippen molar-refractivity contribution in [2.45, 2.75) is 12.5 Å². The van der Waals surface area contributed by atoms with Gasteiger partial charge in [-0.2, -0.15) is 0 Å². The van der Waals surface area contributed by atoms with E-state index in [0.29, 0.717) is 12.1 Å². The van der Waals surface area contributed by atoms with Crippen molar-refractivity contribution in [3.63, 3.8) is 0 Å². The second kappa shape index (κ2) is 6.74. The normalized spacial score (nSPS) is 11.7. The number of methoxy groups -OCH3 is 1. The number of aliphatic carboxylic acids is 1. The Morgan fingerprint density at radius 2 is 2.00 bits per heavy atom. The zero-order valence-electron chi connectivity index (χ0n) is 11.5. The smallest absolute Gasteiger partial charge is 0.326 e. The van der Waals surface area contributed by atoms with Gasteiger partial charge in [0.2, 0.25) is 0 Å². The van der Waals surface area contributed by atoms with Crippen LogP contribution >= 0.6 is 0 Å². The third-order valence-electron chi connectivity index (χ3n) is 3.07. The summed E-state index contributed by atoms with van der Waals surface area (Å²) in [5.41, 5.74) is 1.29. The number of carbonyl (C=O) groups is 1. The van der Waals surface area contributed by atoms with E-state index in [1.807, 2.05) is 30.3 Å². The number of hydrogen-bond donors (Lipinski definition) is 2. The Morgan fingerprint density at radius 3 is 2.57 bits per heavy atom. The van der Waals surface area contributed by atoms with Crippen LogP contribution in [0.2, 0.25) is 0 Å². The van der Waals surface area contributed by atoms with E-state index in [2.05, 4.69) is 5.32 Å². The van der Waals surface area contributed by atoms with Crippen LogP contribution in [-0.2, 0) is 11.2 Å². The fraction of sp³-hybridized carbons (Fsp3) is 0.188. The first-order chi connectivity index (χ1) is 10.1. The maximum Gasteiger partial charge on any atom is 0.326 e. The van der Waals surface area contributed by atoms with Crippen LogP contribution in [0.5, 0.6) is 5.75 Å². The summed E-state index contributed by atoms with van der Waals surface area (Å²) < 4.78 is 18.4. The molecule has 0 aliphatic heterocycles. The predicted octanol–water partition coefficient (Wildman–Crippen LogP) is 2.94.